The summed E-state index contributed by atoms with van der Waals surface area (Å²) in [7, 11) is 0. The van der Waals surface area contributed by atoms with Gasteiger partial charge in [-0.1, -0.05) is 18.0 Å². The standard InChI is InChI=1S/C16H21N5O2/c1-10-8-11(2)17-13(9-10)19-15(22)20-16(6-4-5-7-16)14-18-12(3)23-21-14/h8-9H,4-7H2,1-3H3,(H2,17,19,20,22). The summed E-state index contributed by atoms with van der Waals surface area (Å²) in [5.41, 5.74) is 1.36. The number of nitrogens with one attached hydrogen (secondary N) is 2. The molecule has 1 fully saturated rings. The van der Waals surface area contributed by atoms with E-state index < -0.39 is 5.54 Å². The molecule has 0 saturated heterocycles. The van der Waals surface area contributed by atoms with Gasteiger partial charge in [0.1, 0.15) is 11.4 Å². The maximum atomic E-state index is 12.4. The number of nitrogens with zero attached hydrogens (tertiary/aromatic N) is 3. The van der Waals surface area contributed by atoms with Crippen LogP contribution < -0.4 is 10.6 Å². The van der Waals surface area contributed by atoms with Crippen molar-refractivity contribution in [3.8, 4) is 0 Å². The zero-order chi connectivity index (χ0) is 16.4. The second-order valence-corrected chi connectivity index (χ2v) is 6.18. The van der Waals surface area contributed by atoms with E-state index in [9.17, 15) is 4.79 Å². The molecule has 23 heavy (non-hydrogen) atoms. The third-order valence-electron chi connectivity index (χ3n) is 4.10. The minimum Gasteiger partial charge on any atom is -0.340 e. The fourth-order valence-corrected chi connectivity index (χ4v) is 3.15. The summed E-state index contributed by atoms with van der Waals surface area (Å²) < 4.78 is 5.09. The molecule has 0 radical (unpaired) electrons. The molecule has 0 aromatic carbocycles. The van der Waals surface area contributed by atoms with Crippen LogP contribution in [0, 0.1) is 20.8 Å². The summed E-state index contributed by atoms with van der Waals surface area (Å²) >= 11 is 0. The average Bonchev–Trinajstić information content (AvgIpc) is 3.07. The number of aryl methyl sites for hydroxylation is 3. The molecule has 0 aliphatic heterocycles. The van der Waals surface area contributed by atoms with Gasteiger partial charge in [-0.15, -0.1) is 0 Å². The van der Waals surface area contributed by atoms with Gasteiger partial charge in [-0.3, -0.25) is 5.32 Å². The first kappa shape index (κ1) is 15.5. The largest absolute Gasteiger partial charge is 0.340 e. The van der Waals surface area contributed by atoms with E-state index in [1.807, 2.05) is 26.0 Å². The fourth-order valence-electron chi connectivity index (χ4n) is 3.15. The average molecular weight is 315 g/mol. The second-order valence-electron chi connectivity index (χ2n) is 6.18. The highest BCUT2D eigenvalue weighted by Crippen LogP contribution is 2.37. The van der Waals surface area contributed by atoms with Crippen LogP contribution in [-0.2, 0) is 5.54 Å². The van der Waals surface area contributed by atoms with Gasteiger partial charge in [-0.2, -0.15) is 4.98 Å². The number of carbonyl (C=O) groups excluding carboxylic acids is 1. The molecule has 1 saturated carbocycles. The van der Waals surface area contributed by atoms with E-state index in [0.29, 0.717) is 17.5 Å². The van der Waals surface area contributed by atoms with Crippen LogP contribution in [0.1, 0.15) is 48.7 Å². The van der Waals surface area contributed by atoms with Crippen molar-refractivity contribution < 1.29 is 9.32 Å². The number of hydrogen-bond donors (Lipinski definition) is 2. The zero-order valence-corrected chi connectivity index (χ0v) is 13.6. The van der Waals surface area contributed by atoms with Crippen molar-refractivity contribution in [3.63, 3.8) is 0 Å². The van der Waals surface area contributed by atoms with Crippen LogP contribution in [0.3, 0.4) is 0 Å². The molecule has 2 aromatic rings. The number of pyridine rings is 1. The smallest absolute Gasteiger partial charge is 0.321 e. The maximum Gasteiger partial charge on any atom is 0.321 e. The molecule has 2 N–H and O–H groups in total. The van der Waals surface area contributed by atoms with E-state index in [0.717, 1.165) is 36.9 Å². The molecule has 7 nitrogen and oxygen atoms in total. The van der Waals surface area contributed by atoms with Crippen molar-refractivity contribution in [2.45, 2.75) is 52.0 Å². The Morgan fingerprint density at radius 3 is 2.52 bits per heavy atom. The lowest BCUT2D eigenvalue weighted by atomic mass is 9.97. The molecule has 3 rings (SSSR count). The Balaban J connectivity index is 1.77. The number of hydrogen-bond acceptors (Lipinski definition) is 5. The van der Waals surface area contributed by atoms with Gasteiger partial charge < -0.3 is 9.84 Å². The third-order valence-corrected chi connectivity index (χ3v) is 4.10. The number of aromatic nitrogens is 3. The molecule has 0 atom stereocenters. The van der Waals surface area contributed by atoms with Crippen LogP contribution in [0.15, 0.2) is 16.7 Å². The van der Waals surface area contributed by atoms with Crippen molar-refractivity contribution in [2.24, 2.45) is 0 Å². The molecular formula is C16H21N5O2. The lowest BCUT2D eigenvalue weighted by Gasteiger charge is -2.26. The van der Waals surface area contributed by atoms with Gasteiger partial charge >= 0.3 is 6.03 Å². The van der Waals surface area contributed by atoms with Crippen molar-refractivity contribution in [3.05, 3.63) is 35.1 Å². The Kier molecular flexibility index (Phi) is 4.02. The van der Waals surface area contributed by atoms with Gasteiger partial charge in [0.2, 0.25) is 5.89 Å². The summed E-state index contributed by atoms with van der Waals surface area (Å²) in [6.07, 6.45) is 3.66. The molecular weight excluding hydrogens is 294 g/mol. The molecule has 0 bridgehead atoms. The topological polar surface area (TPSA) is 92.9 Å². The summed E-state index contributed by atoms with van der Waals surface area (Å²) in [6.45, 7) is 5.62. The molecule has 2 aromatic heterocycles. The Hall–Kier alpha value is -2.44. The number of carbonyl (C=O) groups is 1. The summed E-state index contributed by atoms with van der Waals surface area (Å²) in [5, 5.41) is 9.85. The first-order chi connectivity index (χ1) is 11.0. The lowest BCUT2D eigenvalue weighted by Crippen LogP contribution is -2.46. The van der Waals surface area contributed by atoms with Crippen molar-refractivity contribution >= 4 is 11.8 Å². The van der Waals surface area contributed by atoms with Gasteiger partial charge in [0, 0.05) is 12.6 Å². The summed E-state index contributed by atoms with van der Waals surface area (Å²) in [6, 6.07) is 3.50. The second kappa shape index (κ2) is 5.98. The van der Waals surface area contributed by atoms with Crippen molar-refractivity contribution in [1.29, 1.82) is 0 Å². The summed E-state index contributed by atoms with van der Waals surface area (Å²) in [4.78, 5) is 21.1. The van der Waals surface area contributed by atoms with Crippen LogP contribution in [0.2, 0.25) is 0 Å². The van der Waals surface area contributed by atoms with Crippen molar-refractivity contribution in [2.75, 3.05) is 5.32 Å². The van der Waals surface area contributed by atoms with Gasteiger partial charge in [0.15, 0.2) is 5.82 Å². The highest BCUT2D eigenvalue weighted by Gasteiger charge is 2.41. The van der Waals surface area contributed by atoms with Crippen LogP contribution in [0.25, 0.3) is 0 Å². The van der Waals surface area contributed by atoms with E-state index in [-0.39, 0.29) is 6.03 Å². The molecule has 1 aliphatic rings. The van der Waals surface area contributed by atoms with E-state index in [2.05, 4.69) is 25.8 Å². The van der Waals surface area contributed by atoms with Gasteiger partial charge in [0.05, 0.1) is 0 Å². The predicted octanol–water partition coefficient (Wildman–Crippen LogP) is 2.98. The van der Waals surface area contributed by atoms with Gasteiger partial charge in [-0.05, 0) is 44.4 Å². The minimum atomic E-state index is -0.555. The maximum absolute atomic E-state index is 12.4. The van der Waals surface area contributed by atoms with E-state index >= 15 is 0 Å². The normalized spacial score (nSPS) is 16.3. The number of urea groups is 1. The first-order valence-electron chi connectivity index (χ1n) is 7.82. The molecule has 7 heteroatoms. The van der Waals surface area contributed by atoms with Crippen molar-refractivity contribution in [1.82, 2.24) is 20.4 Å². The predicted molar refractivity (Wildman–Crippen MR) is 85.0 cm³/mol. The monoisotopic (exact) mass is 315 g/mol. The van der Waals surface area contributed by atoms with Crippen LogP contribution in [0.5, 0.6) is 0 Å². The lowest BCUT2D eigenvalue weighted by molar-refractivity contribution is 0.232. The van der Waals surface area contributed by atoms with Crippen LogP contribution in [0.4, 0.5) is 10.6 Å². The molecule has 0 spiro atoms. The van der Waals surface area contributed by atoms with Gasteiger partial charge in [0.25, 0.3) is 0 Å². The number of anilines is 1. The zero-order valence-electron chi connectivity index (χ0n) is 13.6. The number of amides is 2. The van der Waals surface area contributed by atoms with Crippen LogP contribution in [-0.4, -0.2) is 21.2 Å². The Bertz CT molecular complexity index is 699. The molecule has 1 aliphatic carbocycles. The van der Waals surface area contributed by atoms with Crippen LogP contribution >= 0.6 is 0 Å². The highest BCUT2D eigenvalue weighted by molar-refractivity contribution is 5.89. The molecule has 122 valence electrons. The fraction of sp³-hybridized carbons (Fsp3) is 0.500. The quantitative estimate of drug-likeness (QED) is 0.908. The number of rotatable bonds is 3. The summed E-state index contributed by atoms with van der Waals surface area (Å²) in [5.74, 6) is 1.60. The van der Waals surface area contributed by atoms with Gasteiger partial charge in [-0.25, -0.2) is 9.78 Å². The molecule has 2 heterocycles. The molecule has 2 amide bonds. The molecule has 0 unspecified atom stereocenters. The highest BCUT2D eigenvalue weighted by atomic mass is 16.5. The Morgan fingerprint density at radius 1 is 1.17 bits per heavy atom. The van der Waals surface area contributed by atoms with E-state index in [4.69, 9.17) is 4.52 Å². The Labute approximate surface area is 134 Å². The van der Waals surface area contributed by atoms with E-state index in [1.165, 1.54) is 0 Å². The third kappa shape index (κ3) is 3.33. The first-order valence-corrected chi connectivity index (χ1v) is 7.82. The SMILES string of the molecule is Cc1cc(C)nc(NC(=O)NC2(c3noc(C)n3)CCCC2)c1. The minimum absolute atomic E-state index is 0.299. The Morgan fingerprint density at radius 2 is 1.91 bits per heavy atom. The van der Waals surface area contributed by atoms with E-state index in [1.54, 1.807) is 6.92 Å².